The SMILES string of the molecule is CC(C)C(O)CNCc1ccc([N+](=O)[O-])c(F)c1. The average Bonchev–Trinajstić information content (AvgIpc) is 2.28. The van der Waals surface area contributed by atoms with Crippen LogP contribution in [0.25, 0.3) is 0 Å². The summed E-state index contributed by atoms with van der Waals surface area (Å²) in [7, 11) is 0. The van der Waals surface area contributed by atoms with Crippen LogP contribution in [0.2, 0.25) is 0 Å². The van der Waals surface area contributed by atoms with Gasteiger partial charge < -0.3 is 10.4 Å². The zero-order valence-corrected chi connectivity index (χ0v) is 10.4. The summed E-state index contributed by atoms with van der Waals surface area (Å²) in [4.78, 5) is 9.67. The topological polar surface area (TPSA) is 75.4 Å². The Balaban J connectivity index is 2.54. The Morgan fingerprint density at radius 3 is 2.67 bits per heavy atom. The number of hydrogen-bond acceptors (Lipinski definition) is 4. The molecule has 1 aromatic carbocycles. The molecule has 0 bridgehead atoms. The normalized spacial score (nSPS) is 12.7. The maximum absolute atomic E-state index is 13.3. The van der Waals surface area contributed by atoms with Gasteiger partial charge in [-0.05, 0) is 17.5 Å². The van der Waals surface area contributed by atoms with Gasteiger partial charge in [0.25, 0.3) is 0 Å². The van der Waals surface area contributed by atoms with E-state index in [9.17, 15) is 19.6 Å². The van der Waals surface area contributed by atoms with E-state index >= 15 is 0 Å². The molecule has 6 heteroatoms. The van der Waals surface area contributed by atoms with Gasteiger partial charge in [-0.2, -0.15) is 4.39 Å². The third-order valence-corrected chi connectivity index (χ3v) is 2.66. The van der Waals surface area contributed by atoms with Crippen molar-refractivity contribution in [3.8, 4) is 0 Å². The van der Waals surface area contributed by atoms with Crippen molar-refractivity contribution in [2.24, 2.45) is 5.92 Å². The van der Waals surface area contributed by atoms with E-state index in [1.165, 1.54) is 6.07 Å². The van der Waals surface area contributed by atoms with Crippen molar-refractivity contribution in [1.82, 2.24) is 5.32 Å². The molecule has 0 aliphatic carbocycles. The second-order valence-electron chi connectivity index (χ2n) is 4.49. The van der Waals surface area contributed by atoms with Gasteiger partial charge >= 0.3 is 5.69 Å². The highest BCUT2D eigenvalue weighted by Gasteiger charge is 2.14. The Kier molecular flexibility index (Phi) is 5.18. The van der Waals surface area contributed by atoms with E-state index in [0.717, 1.165) is 12.1 Å². The van der Waals surface area contributed by atoms with Crippen LogP contribution in [0.1, 0.15) is 19.4 Å². The number of nitro benzene ring substituents is 1. The maximum atomic E-state index is 13.3. The highest BCUT2D eigenvalue weighted by Crippen LogP contribution is 2.17. The molecular weight excluding hydrogens is 239 g/mol. The molecule has 0 amide bonds. The highest BCUT2D eigenvalue weighted by atomic mass is 19.1. The number of nitrogens with zero attached hydrogens (tertiary/aromatic N) is 1. The van der Waals surface area contributed by atoms with Crippen LogP contribution < -0.4 is 5.32 Å². The minimum atomic E-state index is -0.844. The lowest BCUT2D eigenvalue weighted by Crippen LogP contribution is -2.30. The number of nitro groups is 1. The first-order chi connectivity index (χ1) is 8.41. The molecular formula is C12H17FN2O3. The summed E-state index contributed by atoms with van der Waals surface area (Å²) >= 11 is 0. The molecule has 2 N–H and O–H groups in total. The number of hydrogen-bond donors (Lipinski definition) is 2. The van der Waals surface area contributed by atoms with E-state index in [4.69, 9.17) is 0 Å². The monoisotopic (exact) mass is 256 g/mol. The third kappa shape index (κ3) is 4.05. The van der Waals surface area contributed by atoms with E-state index < -0.39 is 22.5 Å². The lowest BCUT2D eigenvalue weighted by atomic mass is 10.1. The van der Waals surface area contributed by atoms with E-state index in [1.54, 1.807) is 0 Å². The number of halogens is 1. The zero-order chi connectivity index (χ0) is 13.7. The second-order valence-corrected chi connectivity index (χ2v) is 4.49. The Morgan fingerprint density at radius 2 is 2.17 bits per heavy atom. The van der Waals surface area contributed by atoms with Gasteiger partial charge in [0, 0.05) is 19.2 Å². The molecule has 1 atom stereocenters. The molecule has 18 heavy (non-hydrogen) atoms. The van der Waals surface area contributed by atoms with Crippen molar-refractivity contribution >= 4 is 5.69 Å². The Bertz CT molecular complexity index is 424. The summed E-state index contributed by atoms with van der Waals surface area (Å²) in [6.45, 7) is 4.56. The Labute approximate surface area is 105 Å². The summed E-state index contributed by atoms with van der Waals surface area (Å²) in [5.74, 6) is -0.699. The van der Waals surface area contributed by atoms with Crippen LogP contribution in [-0.4, -0.2) is 22.7 Å². The molecule has 0 fully saturated rings. The second kappa shape index (κ2) is 6.42. The number of benzene rings is 1. The first-order valence-electron chi connectivity index (χ1n) is 5.73. The standard InChI is InChI=1S/C12H17FN2O3/c1-8(2)12(16)7-14-6-9-3-4-11(15(17)18)10(13)5-9/h3-5,8,12,14,16H,6-7H2,1-2H3. The largest absolute Gasteiger partial charge is 0.392 e. The fourth-order valence-electron chi connectivity index (χ4n) is 1.41. The van der Waals surface area contributed by atoms with Gasteiger partial charge in [0.1, 0.15) is 0 Å². The smallest absolute Gasteiger partial charge is 0.304 e. The van der Waals surface area contributed by atoms with Crippen LogP contribution >= 0.6 is 0 Å². The van der Waals surface area contributed by atoms with Crippen molar-refractivity contribution in [2.45, 2.75) is 26.5 Å². The summed E-state index contributed by atoms with van der Waals surface area (Å²) in [5, 5.41) is 23.0. The molecule has 0 aromatic heterocycles. The van der Waals surface area contributed by atoms with Crippen molar-refractivity contribution in [3.05, 3.63) is 39.7 Å². The van der Waals surface area contributed by atoms with Crippen molar-refractivity contribution < 1.29 is 14.4 Å². The molecule has 0 saturated heterocycles. The van der Waals surface area contributed by atoms with Crippen molar-refractivity contribution in [1.29, 1.82) is 0 Å². The van der Waals surface area contributed by atoms with E-state index in [2.05, 4.69) is 5.32 Å². The number of aliphatic hydroxyl groups excluding tert-OH is 1. The number of aliphatic hydroxyl groups is 1. The fourth-order valence-corrected chi connectivity index (χ4v) is 1.41. The van der Waals surface area contributed by atoms with Crippen molar-refractivity contribution in [3.63, 3.8) is 0 Å². The van der Waals surface area contributed by atoms with Gasteiger partial charge in [-0.3, -0.25) is 10.1 Å². The summed E-state index contributed by atoms with van der Waals surface area (Å²) < 4.78 is 13.3. The minimum absolute atomic E-state index is 0.145. The molecule has 1 aromatic rings. The van der Waals surface area contributed by atoms with Crippen LogP contribution in [-0.2, 0) is 6.54 Å². The molecule has 1 unspecified atom stereocenters. The first-order valence-corrected chi connectivity index (χ1v) is 5.73. The Morgan fingerprint density at radius 1 is 1.50 bits per heavy atom. The van der Waals surface area contributed by atoms with Crippen LogP contribution in [0.3, 0.4) is 0 Å². The van der Waals surface area contributed by atoms with Gasteiger partial charge in [-0.25, -0.2) is 0 Å². The number of rotatable bonds is 6. The molecule has 0 aliphatic heterocycles. The molecule has 1 rings (SSSR count). The molecule has 0 radical (unpaired) electrons. The quantitative estimate of drug-likeness (QED) is 0.601. The van der Waals surface area contributed by atoms with Crippen LogP contribution in [0.5, 0.6) is 0 Å². The lowest BCUT2D eigenvalue weighted by molar-refractivity contribution is -0.387. The molecule has 0 saturated carbocycles. The predicted octanol–water partition coefficient (Wildman–Crippen LogP) is 1.84. The van der Waals surface area contributed by atoms with E-state index in [1.807, 2.05) is 13.8 Å². The number of nitrogens with one attached hydrogen (secondary N) is 1. The minimum Gasteiger partial charge on any atom is -0.392 e. The predicted molar refractivity (Wildman–Crippen MR) is 65.6 cm³/mol. The maximum Gasteiger partial charge on any atom is 0.304 e. The van der Waals surface area contributed by atoms with Gasteiger partial charge in [0.2, 0.25) is 5.82 Å². The van der Waals surface area contributed by atoms with Gasteiger partial charge in [-0.1, -0.05) is 19.9 Å². The Hall–Kier alpha value is -1.53. The van der Waals surface area contributed by atoms with Crippen LogP contribution in [0.4, 0.5) is 10.1 Å². The van der Waals surface area contributed by atoms with Gasteiger partial charge in [-0.15, -0.1) is 0 Å². The molecule has 5 nitrogen and oxygen atoms in total. The van der Waals surface area contributed by atoms with E-state index in [0.29, 0.717) is 18.7 Å². The molecule has 100 valence electrons. The summed E-state index contributed by atoms with van der Waals surface area (Å²) in [5.41, 5.74) is 0.0787. The molecule has 0 heterocycles. The molecule has 0 aliphatic rings. The molecule has 0 spiro atoms. The zero-order valence-electron chi connectivity index (χ0n) is 10.4. The lowest BCUT2D eigenvalue weighted by Gasteiger charge is -2.15. The first kappa shape index (κ1) is 14.5. The van der Waals surface area contributed by atoms with Crippen LogP contribution in [0, 0.1) is 21.8 Å². The van der Waals surface area contributed by atoms with Crippen molar-refractivity contribution in [2.75, 3.05) is 6.54 Å². The fraction of sp³-hybridized carbons (Fsp3) is 0.500. The third-order valence-electron chi connectivity index (χ3n) is 2.66. The van der Waals surface area contributed by atoms with Gasteiger partial charge in [0.05, 0.1) is 11.0 Å². The van der Waals surface area contributed by atoms with Crippen LogP contribution in [0.15, 0.2) is 18.2 Å². The highest BCUT2D eigenvalue weighted by molar-refractivity contribution is 5.34. The van der Waals surface area contributed by atoms with Gasteiger partial charge in [0.15, 0.2) is 0 Å². The average molecular weight is 256 g/mol. The van der Waals surface area contributed by atoms with E-state index in [-0.39, 0.29) is 5.92 Å². The summed E-state index contributed by atoms with van der Waals surface area (Å²) in [6.07, 6.45) is -0.465. The summed E-state index contributed by atoms with van der Waals surface area (Å²) in [6, 6.07) is 3.77.